The Morgan fingerprint density at radius 2 is 1.52 bits per heavy atom. The van der Waals surface area contributed by atoms with Crippen LogP contribution in [0.2, 0.25) is 19.6 Å². The highest BCUT2D eigenvalue weighted by Gasteiger charge is 2.24. The number of hydrogen-bond acceptors (Lipinski definition) is 2. The highest BCUT2D eigenvalue weighted by Crippen LogP contribution is 2.39. The molecule has 2 rings (SSSR count). The van der Waals surface area contributed by atoms with E-state index in [-0.39, 0.29) is 0 Å². The van der Waals surface area contributed by atoms with Crippen molar-refractivity contribution < 1.29 is 9.47 Å². The van der Waals surface area contributed by atoms with Crippen LogP contribution in [0, 0.1) is 43.1 Å². The first-order valence-electron chi connectivity index (χ1n) is 6.96. The second-order valence-corrected chi connectivity index (χ2v) is 10.7. The maximum absolute atomic E-state index is 5.53. The predicted octanol–water partition coefficient (Wildman–Crippen LogP) is 3.69. The van der Waals surface area contributed by atoms with E-state index in [2.05, 4.69) is 43.9 Å². The SMILES string of the molecule is COc1cc([C]2[CH][CH][CH][CH]2)c(OC)cc1C#C[Si](C)(C)C. The minimum Gasteiger partial charge on any atom is -0.496 e. The lowest BCUT2D eigenvalue weighted by molar-refractivity contribution is 0.399. The van der Waals surface area contributed by atoms with Gasteiger partial charge in [-0.2, -0.15) is 0 Å². The second-order valence-electron chi connectivity index (χ2n) is 5.93. The van der Waals surface area contributed by atoms with E-state index in [1.54, 1.807) is 14.2 Å². The molecular formula is C18H21O2Si. The molecule has 109 valence electrons. The zero-order valence-corrected chi connectivity index (χ0v) is 14.3. The molecule has 3 heteroatoms. The highest BCUT2D eigenvalue weighted by molar-refractivity contribution is 6.83. The summed E-state index contributed by atoms with van der Waals surface area (Å²) in [6.45, 7) is 6.67. The largest absolute Gasteiger partial charge is 0.496 e. The molecule has 0 heterocycles. The monoisotopic (exact) mass is 297 g/mol. The van der Waals surface area contributed by atoms with Crippen LogP contribution in [0.3, 0.4) is 0 Å². The van der Waals surface area contributed by atoms with E-state index >= 15 is 0 Å². The maximum Gasteiger partial charge on any atom is 0.135 e. The molecule has 0 N–H and O–H groups in total. The fourth-order valence-corrected chi connectivity index (χ4v) is 2.54. The molecule has 0 spiro atoms. The quantitative estimate of drug-likeness (QED) is 0.626. The fourth-order valence-electron chi connectivity index (χ4n) is 2.03. The molecule has 1 aliphatic rings. The van der Waals surface area contributed by atoms with Crippen LogP contribution in [0.5, 0.6) is 11.5 Å². The van der Waals surface area contributed by atoms with Gasteiger partial charge >= 0.3 is 0 Å². The number of methoxy groups -OCH3 is 2. The molecule has 1 aliphatic carbocycles. The van der Waals surface area contributed by atoms with Crippen LogP contribution in [-0.2, 0) is 0 Å². The van der Waals surface area contributed by atoms with Crippen molar-refractivity contribution in [2.45, 2.75) is 19.6 Å². The molecule has 0 aliphatic heterocycles. The highest BCUT2D eigenvalue weighted by atomic mass is 28.3. The van der Waals surface area contributed by atoms with Crippen LogP contribution >= 0.6 is 0 Å². The van der Waals surface area contributed by atoms with E-state index in [4.69, 9.17) is 9.47 Å². The molecule has 21 heavy (non-hydrogen) atoms. The molecule has 0 unspecified atom stereocenters. The van der Waals surface area contributed by atoms with Crippen LogP contribution in [0.4, 0.5) is 0 Å². The van der Waals surface area contributed by atoms with E-state index in [9.17, 15) is 0 Å². The van der Waals surface area contributed by atoms with Gasteiger partial charge in [0.25, 0.3) is 0 Å². The Morgan fingerprint density at radius 1 is 0.905 bits per heavy atom. The summed E-state index contributed by atoms with van der Waals surface area (Å²) in [6, 6.07) is 3.97. The van der Waals surface area contributed by atoms with Gasteiger partial charge in [-0.1, -0.05) is 25.6 Å². The van der Waals surface area contributed by atoms with E-state index in [0.717, 1.165) is 28.5 Å². The Bertz CT molecular complexity index is 555. The maximum atomic E-state index is 5.53. The molecule has 0 aromatic heterocycles. The first-order valence-corrected chi connectivity index (χ1v) is 10.5. The van der Waals surface area contributed by atoms with Crippen molar-refractivity contribution in [1.82, 2.24) is 0 Å². The molecule has 1 aromatic rings. The van der Waals surface area contributed by atoms with Crippen molar-refractivity contribution in [3.8, 4) is 23.0 Å². The lowest BCUT2D eigenvalue weighted by atomic mass is 9.95. The van der Waals surface area contributed by atoms with Crippen LogP contribution in [0.25, 0.3) is 0 Å². The fraction of sp³-hybridized carbons (Fsp3) is 0.278. The summed E-state index contributed by atoms with van der Waals surface area (Å²) >= 11 is 0. The van der Waals surface area contributed by atoms with Crippen LogP contribution < -0.4 is 9.47 Å². The smallest absolute Gasteiger partial charge is 0.135 e. The summed E-state index contributed by atoms with van der Waals surface area (Å²) in [4.78, 5) is 0. The molecule has 0 saturated heterocycles. The van der Waals surface area contributed by atoms with Crippen LogP contribution in [-0.4, -0.2) is 22.3 Å². The predicted molar refractivity (Wildman–Crippen MR) is 89.3 cm³/mol. The van der Waals surface area contributed by atoms with Crippen molar-refractivity contribution in [2.24, 2.45) is 0 Å². The molecule has 0 atom stereocenters. The van der Waals surface area contributed by atoms with Crippen LogP contribution in [0.15, 0.2) is 12.1 Å². The van der Waals surface area contributed by atoms with E-state index in [1.807, 2.05) is 25.0 Å². The van der Waals surface area contributed by atoms with Gasteiger partial charge in [0.2, 0.25) is 0 Å². The normalized spacial score (nSPS) is 15.5. The van der Waals surface area contributed by atoms with Gasteiger partial charge in [0.15, 0.2) is 0 Å². The first kappa shape index (κ1) is 16.0. The van der Waals surface area contributed by atoms with Crippen LogP contribution in [0.1, 0.15) is 11.1 Å². The zero-order valence-electron chi connectivity index (χ0n) is 13.3. The van der Waals surface area contributed by atoms with E-state index < -0.39 is 8.07 Å². The Balaban J connectivity index is 2.44. The third-order valence-electron chi connectivity index (χ3n) is 3.07. The topological polar surface area (TPSA) is 18.5 Å². The molecule has 1 aromatic carbocycles. The number of ether oxygens (including phenoxy) is 2. The minimum atomic E-state index is -1.43. The van der Waals surface area contributed by atoms with Gasteiger partial charge in [0.05, 0.1) is 19.8 Å². The average molecular weight is 297 g/mol. The van der Waals surface area contributed by atoms with Gasteiger partial charge in [-0.05, 0) is 37.8 Å². The van der Waals surface area contributed by atoms with Crippen molar-refractivity contribution in [1.29, 1.82) is 0 Å². The Kier molecular flexibility index (Phi) is 5.00. The molecular weight excluding hydrogens is 276 g/mol. The van der Waals surface area contributed by atoms with Crippen molar-refractivity contribution in [3.05, 3.63) is 54.9 Å². The summed E-state index contributed by atoms with van der Waals surface area (Å²) < 4.78 is 11.0. The molecule has 2 nitrogen and oxygen atoms in total. The Hall–Kier alpha value is -1.40. The van der Waals surface area contributed by atoms with E-state index in [1.165, 1.54) is 0 Å². The van der Waals surface area contributed by atoms with Gasteiger partial charge < -0.3 is 9.47 Å². The lowest BCUT2D eigenvalue weighted by Gasteiger charge is -2.16. The van der Waals surface area contributed by atoms with Gasteiger partial charge in [0.1, 0.15) is 19.6 Å². The molecule has 1 saturated carbocycles. The summed E-state index contributed by atoms with van der Waals surface area (Å²) in [5, 5.41) is 0. The van der Waals surface area contributed by atoms with Crippen molar-refractivity contribution in [3.63, 3.8) is 0 Å². The summed E-state index contributed by atoms with van der Waals surface area (Å²) in [6.07, 6.45) is 8.15. The average Bonchev–Trinajstić information content (AvgIpc) is 2.97. The third kappa shape index (κ3) is 4.04. The Morgan fingerprint density at radius 3 is 2.05 bits per heavy atom. The summed E-state index contributed by atoms with van der Waals surface area (Å²) in [7, 11) is 1.93. The number of rotatable bonds is 3. The standard InChI is InChI=1S/C18H21O2Si/c1-19-17-13-16(14-8-6-7-9-14)18(20-2)12-15(17)10-11-21(3,4)5/h6-9,12-13H,1-5H3. The Labute approximate surface area is 129 Å². The van der Waals surface area contributed by atoms with Crippen molar-refractivity contribution >= 4 is 8.07 Å². The number of hydrogen-bond donors (Lipinski definition) is 0. The van der Waals surface area contributed by atoms with Gasteiger partial charge in [-0.25, -0.2) is 0 Å². The summed E-state index contributed by atoms with van der Waals surface area (Å²) in [5.74, 6) is 5.99. The minimum absolute atomic E-state index is 0.790. The van der Waals surface area contributed by atoms with Gasteiger partial charge in [-0.3, -0.25) is 0 Å². The third-order valence-corrected chi connectivity index (χ3v) is 3.94. The van der Waals surface area contributed by atoms with Crippen molar-refractivity contribution in [2.75, 3.05) is 14.2 Å². The summed E-state index contributed by atoms with van der Waals surface area (Å²) in [5.41, 5.74) is 5.28. The molecule has 5 radical (unpaired) electrons. The number of benzene rings is 1. The van der Waals surface area contributed by atoms with Gasteiger partial charge in [0, 0.05) is 11.5 Å². The van der Waals surface area contributed by atoms with E-state index in [0.29, 0.717) is 0 Å². The second kappa shape index (κ2) is 6.57. The first-order chi connectivity index (χ1) is 9.94. The molecule has 0 amide bonds. The molecule has 0 bridgehead atoms. The zero-order chi connectivity index (χ0) is 15.5. The lowest BCUT2D eigenvalue weighted by Crippen LogP contribution is -2.16. The van der Waals surface area contributed by atoms with Gasteiger partial charge in [-0.15, -0.1) is 5.54 Å². The molecule has 1 fully saturated rings.